The highest BCUT2D eigenvalue weighted by molar-refractivity contribution is 7.89. The molecular formula is C11H16ClN3O3S. The van der Waals surface area contributed by atoms with Crippen LogP contribution in [0.2, 0.25) is 5.02 Å². The highest BCUT2D eigenvalue weighted by Crippen LogP contribution is 2.25. The van der Waals surface area contributed by atoms with Crippen molar-refractivity contribution in [1.82, 2.24) is 10.0 Å². The zero-order chi connectivity index (χ0) is 14.6. The average molecular weight is 306 g/mol. The Labute approximate surface area is 117 Å². The van der Waals surface area contributed by atoms with Crippen LogP contribution in [0.1, 0.15) is 12.0 Å². The maximum atomic E-state index is 12.0. The number of nitrogens with two attached hydrogens (primary N) is 1. The van der Waals surface area contributed by atoms with Crippen LogP contribution < -0.4 is 15.8 Å². The second-order valence-electron chi connectivity index (χ2n) is 3.94. The molecule has 1 aromatic carbocycles. The maximum Gasteiger partial charge on any atom is 0.240 e. The van der Waals surface area contributed by atoms with Gasteiger partial charge in [0.25, 0.3) is 0 Å². The second-order valence-corrected chi connectivity index (χ2v) is 6.11. The first-order valence-corrected chi connectivity index (χ1v) is 7.40. The first-order chi connectivity index (χ1) is 8.77. The molecule has 1 aromatic rings. The number of amides is 1. The third kappa shape index (κ3) is 4.09. The van der Waals surface area contributed by atoms with Crippen molar-refractivity contribution in [2.75, 3.05) is 19.3 Å². The number of hydrogen-bond acceptors (Lipinski definition) is 4. The Morgan fingerprint density at radius 3 is 2.58 bits per heavy atom. The molecular weight excluding hydrogens is 290 g/mol. The Bertz CT molecular complexity index is 564. The van der Waals surface area contributed by atoms with E-state index in [9.17, 15) is 13.2 Å². The zero-order valence-electron chi connectivity index (χ0n) is 10.7. The molecule has 0 bridgehead atoms. The molecule has 4 N–H and O–H groups in total. The van der Waals surface area contributed by atoms with Crippen molar-refractivity contribution in [2.45, 2.75) is 18.2 Å². The van der Waals surface area contributed by atoms with Gasteiger partial charge in [0.15, 0.2) is 0 Å². The molecule has 6 nitrogen and oxygen atoms in total. The van der Waals surface area contributed by atoms with Crippen molar-refractivity contribution in [1.29, 1.82) is 0 Å². The van der Waals surface area contributed by atoms with Crippen molar-refractivity contribution in [3.05, 3.63) is 22.7 Å². The highest BCUT2D eigenvalue weighted by Gasteiger charge is 2.16. The Balaban J connectivity index is 2.86. The number of hydrogen-bond donors (Lipinski definition) is 3. The average Bonchev–Trinajstić information content (AvgIpc) is 2.34. The smallest absolute Gasteiger partial charge is 0.240 e. The van der Waals surface area contributed by atoms with Gasteiger partial charge >= 0.3 is 0 Å². The molecule has 106 valence electrons. The van der Waals surface area contributed by atoms with E-state index in [0.717, 1.165) is 0 Å². The Hall–Kier alpha value is -1.31. The summed E-state index contributed by atoms with van der Waals surface area (Å²) in [6.45, 7) is 1.71. The van der Waals surface area contributed by atoms with Gasteiger partial charge in [-0.2, -0.15) is 0 Å². The van der Waals surface area contributed by atoms with Gasteiger partial charge in [0.05, 0.1) is 4.90 Å². The van der Waals surface area contributed by atoms with Crippen molar-refractivity contribution in [2.24, 2.45) is 0 Å². The summed E-state index contributed by atoms with van der Waals surface area (Å²) in [7, 11) is -2.24. The maximum absolute atomic E-state index is 12.0. The standard InChI is InChI=1S/C11H16ClN3O3S/c1-7-9(12)5-8(6-10(7)13)19(17,18)15-4-3-11(16)14-2/h5-6,15H,3-4,13H2,1-2H3,(H,14,16). The fourth-order valence-corrected chi connectivity index (χ4v) is 2.72. The highest BCUT2D eigenvalue weighted by atomic mass is 35.5. The quantitative estimate of drug-likeness (QED) is 0.695. The van der Waals surface area contributed by atoms with Crippen LogP contribution in [0.3, 0.4) is 0 Å². The molecule has 1 amide bonds. The number of carbonyl (C=O) groups excluding carboxylic acids is 1. The summed E-state index contributed by atoms with van der Waals surface area (Å²) in [5.74, 6) is -0.246. The predicted molar refractivity (Wildman–Crippen MR) is 74.5 cm³/mol. The summed E-state index contributed by atoms with van der Waals surface area (Å²) in [6, 6.07) is 2.67. The molecule has 19 heavy (non-hydrogen) atoms. The van der Waals surface area contributed by atoms with Crippen molar-refractivity contribution in [3.63, 3.8) is 0 Å². The van der Waals surface area contributed by atoms with E-state index in [2.05, 4.69) is 10.0 Å². The number of rotatable bonds is 5. The van der Waals surface area contributed by atoms with Gasteiger partial charge in [-0.1, -0.05) is 11.6 Å². The van der Waals surface area contributed by atoms with Crippen LogP contribution in [-0.4, -0.2) is 27.9 Å². The summed E-state index contributed by atoms with van der Waals surface area (Å²) < 4.78 is 26.2. The van der Waals surface area contributed by atoms with E-state index < -0.39 is 10.0 Å². The molecule has 0 unspecified atom stereocenters. The van der Waals surface area contributed by atoms with Crippen molar-refractivity contribution in [3.8, 4) is 0 Å². The molecule has 0 saturated heterocycles. The molecule has 0 aliphatic rings. The van der Waals surface area contributed by atoms with E-state index in [1.54, 1.807) is 6.92 Å². The molecule has 0 spiro atoms. The molecule has 1 rings (SSSR count). The number of anilines is 1. The zero-order valence-corrected chi connectivity index (χ0v) is 12.2. The van der Waals surface area contributed by atoms with Gasteiger partial charge in [-0.3, -0.25) is 4.79 Å². The van der Waals surface area contributed by atoms with Crippen LogP contribution in [0.4, 0.5) is 5.69 Å². The van der Waals surface area contributed by atoms with E-state index in [-0.39, 0.29) is 28.8 Å². The molecule has 0 saturated carbocycles. The first kappa shape index (κ1) is 15.7. The van der Waals surface area contributed by atoms with Gasteiger partial charge in [0, 0.05) is 30.7 Å². The Morgan fingerprint density at radius 2 is 2.05 bits per heavy atom. The van der Waals surface area contributed by atoms with E-state index in [4.69, 9.17) is 17.3 Å². The van der Waals surface area contributed by atoms with Crippen LogP contribution in [0.25, 0.3) is 0 Å². The minimum absolute atomic E-state index is 0.00735. The first-order valence-electron chi connectivity index (χ1n) is 5.54. The summed E-state index contributed by atoms with van der Waals surface area (Å²) in [4.78, 5) is 11.0. The lowest BCUT2D eigenvalue weighted by Gasteiger charge is -2.09. The third-order valence-electron chi connectivity index (χ3n) is 2.59. The van der Waals surface area contributed by atoms with Gasteiger partial charge in [0.1, 0.15) is 0 Å². The van der Waals surface area contributed by atoms with Crippen LogP contribution in [0, 0.1) is 6.92 Å². The van der Waals surface area contributed by atoms with Gasteiger partial charge < -0.3 is 11.1 Å². The lowest BCUT2D eigenvalue weighted by molar-refractivity contribution is -0.120. The van der Waals surface area contributed by atoms with Gasteiger partial charge in [-0.15, -0.1) is 0 Å². The number of nitrogens with one attached hydrogen (secondary N) is 2. The molecule has 0 aliphatic heterocycles. The van der Waals surface area contributed by atoms with Crippen LogP contribution in [0.5, 0.6) is 0 Å². The van der Waals surface area contributed by atoms with E-state index in [0.29, 0.717) is 11.3 Å². The largest absolute Gasteiger partial charge is 0.398 e. The van der Waals surface area contributed by atoms with Crippen molar-refractivity contribution < 1.29 is 13.2 Å². The summed E-state index contributed by atoms with van der Waals surface area (Å²) in [5, 5.41) is 2.69. The van der Waals surface area contributed by atoms with Gasteiger partial charge in [0.2, 0.25) is 15.9 Å². The second kappa shape index (κ2) is 6.23. The SMILES string of the molecule is CNC(=O)CCNS(=O)(=O)c1cc(N)c(C)c(Cl)c1. The molecule has 0 radical (unpaired) electrons. The number of nitrogen functional groups attached to an aromatic ring is 1. The summed E-state index contributed by atoms with van der Waals surface area (Å²) in [5.41, 5.74) is 6.61. The lowest BCUT2D eigenvalue weighted by atomic mass is 10.2. The Kier molecular flexibility index (Phi) is 5.16. The summed E-state index contributed by atoms with van der Waals surface area (Å²) >= 11 is 5.90. The predicted octanol–water partition coefficient (Wildman–Crippen LogP) is 0.645. The number of halogens is 1. The molecule has 0 aromatic heterocycles. The van der Waals surface area contributed by atoms with Gasteiger partial charge in [-0.05, 0) is 24.6 Å². The lowest BCUT2D eigenvalue weighted by Crippen LogP contribution is -2.29. The Morgan fingerprint density at radius 1 is 1.42 bits per heavy atom. The van der Waals surface area contributed by atoms with Crippen molar-refractivity contribution >= 4 is 33.2 Å². The summed E-state index contributed by atoms with van der Waals surface area (Å²) in [6.07, 6.45) is 0.0603. The molecule has 0 heterocycles. The fourth-order valence-electron chi connectivity index (χ4n) is 1.34. The minimum atomic E-state index is -3.72. The number of benzene rings is 1. The van der Waals surface area contributed by atoms with Crippen LogP contribution in [-0.2, 0) is 14.8 Å². The van der Waals surface area contributed by atoms with E-state index >= 15 is 0 Å². The van der Waals surface area contributed by atoms with Gasteiger partial charge in [-0.25, -0.2) is 13.1 Å². The van der Waals surface area contributed by atoms with Crippen LogP contribution in [0.15, 0.2) is 17.0 Å². The fraction of sp³-hybridized carbons (Fsp3) is 0.364. The van der Waals surface area contributed by atoms with Crippen LogP contribution >= 0.6 is 11.6 Å². The molecule has 0 fully saturated rings. The third-order valence-corrected chi connectivity index (χ3v) is 4.42. The van der Waals surface area contributed by atoms with E-state index in [1.807, 2.05) is 0 Å². The minimum Gasteiger partial charge on any atom is -0.398 e. The van der Waals surface area contributed by atoms with E-state index in [1.165, 1.54) is 19.2 Å². The molecule has 8 heteroatoms. The number of sulfonamides is 1. The number of carbonyl (C=O) groups is 1. The normalized spacial score (nSPS) is 11.3. The molecule has 0 aliphatic carbocycles. The molecule has 0 atom stereocenters. The monoisotopic (exact) mass is 305 g/mol. The topological polar surface area (TPSA) is 101 Å².